The van der Waals surface area contributed by atoms with Gasteiger partial charge in [-0.2, -0.15) is 26.3 Å². The number of anilines is 4. The first-order valence-electron chi connectivity index (χ1n) is 12.4. The molecule has 0 atom stereocenters. The van der Waals surface area contributed by atoms with E-state index in [4.69, 9.17) is 0 Å². The summed E-state index contributed by atoms with van der Waals surface area (Å²) in [7, 11) is 7.10. The van der Waals surface area contributed by atoms with Gasteiger partial charge in [0.25, 0.3) is 0 Å². The molecule has 0 saturated carbocycles. The third-order valence-electron chi connectivity index (χ3n) is 6.33. The fourth-order valence-electron chi connectivity index (χ4n) is 4.29. The molecule has 7 nitrogen and oxygen atoms in total. The van der Waals surface area contributed by atoms with Crippen molar-refractivity contribution in [3.05, 3.63) is 60.2 Å². The maximum absolute atomic E-state index is 14.0. The van der Waals surface area contributed by atoms with Gasteiger partial charge in [-0.05, 0) is 50.5 Å². The molecule has 0 unspecified atom stereocenters. The first-order chi connectivity index (χ1) is 19.1. The molecule has 2 N–H and O–H groups in total. The summed E-state index contributed by atoms with van der Waals surface area (Å²) < 4.78 is 96.5. The molecule has 0 aliphatic rings. The van der Waals surface area contributed by atoms with Gasteiger partial charge in [-0.15, -0.1) is 0 Å². The van der Waals surface area contributed by atoms with E-state index in [1.807, 2.05) is 19.0 Å². The summed E-state index contributed by atoms with van der Waals surface area (Å²) in [5, 5.41) is 5.42. The second kappa shape index (κ2) is 11.4. The average Bonchev–Trinajstić information content (AvgIpc) is 3.20. The monoisotopic (exact) mass is 583 g/mol. The van der Waals surface area contributed by atoms with Crippen LogP contribution in [0.1, 0.15) is 5.56 Å². The van der Waals surface area contributed by atoms with E-state index < -0.39 is 36.0 Å². The van der Waals surface area contributed by atoms with Crippen molar-refractivity contribution in [2.45, 2.75) is 12.4 Å². The van der Waals surface area contributed by atoms with E-state index in [9.17, 15) is 30.7 Å². The molecule has 0 radical (unpaired) electrons. The van der Waals surface area contributed by atoms with Gasteiger partial charge in [-0.1, -0.05) is 0 Å². The van der Waals surface area contributed by atoms with Gasteiger partial charge in [0.05, 0.1) is 17.1 Å². The summed E-state index contributed by atoms with van der Waals surface area (Å²) in [6.45, 7) is -0.115. The quantitative estimate of drug-likeness (QED) is 0.219. The van der Waals surface area contributed by atoms with Crippen LogP contribution in [-0.2, 0) is 13.2 Å². The lowest BCUT2D eigenvalue weighted by Crippen LogP contribution is -2.29. The van der Waals surface area contributed by atoms with E-state index in [2.05, 4.69) is 20.6 Å². The molecule has 0 saturated heterocycles. The molecule has 0 spiro atoms. The van der Waals surface area contributed by atoms with E-state index in [1.165, 1.54) is 24.4 Å². The number of hydrogen-bond acceptors (Lipinski definition) is 6. The summed E-state index contributed by atoms with van der Waals surface area (Å²) >= 11 is 0. The van der Waals surface area contributed by atoms with Gasteiger partial charge in [-0.3, -0.25) is 0 Å². The number of likely N-dealkylation sites (N-methyl/N-ethyl adjacent to an activating group) is 2. The number of halogens is 7. The molecule has 0 fully saturated rings. The first kappa shape index (κ1) is 29.9. The third-order valence-corrected chi connectivity index (χ3v) is 6.33. The molecule has 0 bridgehead atoms. The molecule has 41 heavy (non-hydrogen) atoms. The second-order valence-corrected chi connectivity index (χ2v) is 9.82. The lowest BCUT2D eigenvalue weighted by Gasteiger charge is -2.25. The SMILES string of the molecule is CN(C)CCN(C)c1ccc(Nc2ncc(C(F)(F)F)c(-c3cn(C)c4ccc(F)cc34)n2)cc1NCC(F)(F)F. The predicted octanol–water partition coefficient (Wildman–Crippen LogP) is 6.51. The topological polar surface area (TPSA) is 61.2 Å². The first-order valence-corrected chi connectivity index (χ1v) is 12.4. The molecule has 2 heterocycles. The van der Waals surface area contributed by atoms with Gasteiger partial charge in [0.1, 0.15) is 17.9 Å². The average molecular weight is 584 g/mol. The van der Waals surface area contributed by atoms with E-state index in [1.54, 1.807) is 35.7 Å². The van der Waals surface area contributed by atoms with Crippen LogP contribution in [0.15, 0.2) is 48.8 Å². The Labute approximate surface area is 231 Å². The van der Waals surface area contributed by atoms with Gasteiger partial charge in [0, 0.05) is 61.7 Å². The van der Waals surface area contributed by atoms with Crippen LogP contribution in [0.4, 0.5) is 53.7 Å². The lowest BCUT2D eigenvalue weighted by atomic mass is 10.1. The Morgan fingerprint density at radius 3 is 2.34 bits per heavy atom. The number of alkyl halides is 6. The maximum Gasteiger partial charge on any atom is 0.419 e. The zero-order valence-corrected chi connectivity index (χ0v) is 22.6. The Balaban J connectivity index is 1.74. The Bertz CT molecular complexity index is 1530. The van der Waals surface area contributed by atoms with E-state index >= 15 is 0 Å². The van der Waals surface area contributed by atoms with Crippen molar-refractivity contribution in [1.82, 2.24) is 19.4 Å². The minimum atomic E-state index is -4.81. The van der Waals surface area contributed by atoms with Crippen LogP contribution < -0.4 is 15.5 Å². The molecule has 0 aliphatic heterocycles. The maximum atomic E-state index is 14.0. The summed E-state index contributed by atoms with van der Waals surface area (Å²) in [5.74, 6) is -0.850. The van der Waals surface area contributed by atoms with Crippen molar-refractivity contribution in [1.29, 1.82) is 0 Å². The predicted molar refractivity (Wildman–Crippen MR) is 145 cm³/mol. The van der Waals surface area contributed by atoms with E-state index in [0.717, 1.165) is 6.07 Å². The molecule has 4 aromatic rings. The number of fused-ring (bicyclic) bond motifs is 1. The normalized spacial score (nSPS) is 12.3. The Hall–Kier alpha value is -4.07. The van der Waals surface area contributed by atoms with E-state index in [-0.39, 0.29) is 28.3 Å². The fraction of sp³-hybridized carbons (Fsp3) is 0.333. The van der Waals surface area contributed by atoms with Gasteiger partial charge >= 0.3 is 12.4 Å². The molecule has 2 aromatic carbocycles. The summed E-state index contributed by atoms with van der Waals surface area (Å²) in [6, 6.07) is 8.35. The fourth-order valence-corrected chi connectivity index (χ4v) is 4.29. The highest BCUT2D eigenvalue weighted by Gasteiger charge is 2.36. The summed E-state index contributed by atoms with van der Waals surface area (Å²) in [6.07, 6.45) is -7.25. The van der Waals surface area contributed by atoms with Crippen LogP contribution in [0.2, 0.25) is 0 Å². The number of nitrogens with one attached hydrogen (secondary N) is 2. The van der Waals surface area contributed by atoms with Crippen molar-refractivity contribution < 1.29 is 30.7 Å². The molecule has 4 rings (SSSR count). The van der Waals surface area contributed by atoms with Crippen molar-refractivity contribution in [3.63, 3.8) is 0 Å². The number of nitrogens with zero attached hydrogens (tertiary/aromatic N) is 5. The summed E-state index contributed by atoms with van der Waals surface area (Å²) in [5.41, 5.74) is -0.151. The molecule has 0 amide bonds. The largest absolute Gasteiger partial charge is 0.419 e. The smallest absolute Gasteiger partial charge is 0.375 e. The van der Waals surface area contributed by atoms with Crippen LogP contribution >= 0.6 is 0 Å². The van der Waals surface area contributed by atoms with E-state index in [0.29, 0.717) is 30.5 Å². The number of hydrogen-bond donors (Lipinski definition) is 2. The highest BCUT2D eigenvalue weighted by Crippen LogP contribution is 2.40. The van der Waals surface area contributed by atoms with Crippen molar-refractivity contribution in [3.8, 4) is 11.3 Å². The zero-order valence-electron chi connectivity index (χ0n) is 22.6. The van der Waals surface area contributed by atoms with Crippen molar-refractivity contribution in [2.24, 2.45) is 7.05 Å². The highest BCUT2D eigenvalue weighted by atomic mass is 19.4. The van der Waals surface area contributed by atoms with Gasteiger partial charge in [-0.25, -0.2) is 14.4 Å². The molecule has 0 aliphatic carbocycles. The van der Waals surface area contributed by atoms with Crippen LogP contribution in [0.3, 0.4) is 0 Å². The Morgan fingerprint density at radius 1 is 0.951 bits per heavy atom. The highest BCUT2D eigenvalue weighted by molar-refractivity contribution is 5.96. The second-order valence-electron chi connectivity index (χ2n) is 9.82. The van der Waals surface area contributed by atoms with Crippen molar-refractivity contribution in [2.75, 3.05) is 56.3 Å². The molecule has 2 aromatic heterocycles. The van der Waals surface area contributed by atoms with Crippen LogP contribution in [-0.4, -0.2) is 66.4 Å². The van der Waals surface area contributed by atoms with Crippen LogP contribution in [0.5, 0.6) is 0 Å². The van der Waals surface area contributed by atoms with Crippen molar-refractivity contribution >= 4 is 33.9 Å². The van der Waals surface area contributed by atoms with Gasteiger partial charge in [0.2, 0.25) is 5.95 Å². The summed E-state index contributed by atoms with van der Waals surface area (Å²) in [4.78, 5) is 11.7. The van der Waals surface area contributed by atoms with Gasteiger partial charge < -0.3 is 25.0 Å². The number of rotatable bonds is 9. The minimum Gasteiger partial charge on any atom is -0.375 e. The molecular weight excluding hydrogens is 555 g/mol. The van der Waals surface area contributed by atoms with Crippen LogP contribution in [0, 0.1) is 5.82 Å². The zero-order chi connectivity index (χ0) is 30.1. The lowest BCUT2D eigenvalue weighted by molar-refractivity contribution is -0.137. The minimum absolute atomic E-state index is 0.0465. The molecular formula is C27H28F7N7. The Morgan fingerprint density at radius 2 is 1.68 bits per heavy atom. The Kier molecular flexibility index (Phi) is 8.34. The standard InChI is InChI=1S/C27H28F7N7/c1-39(2)9-10-40(3)23-8-6-17(12-21(23)36-15-26(29,30)31)37-25-35-13-20(27(32,33)34)24(38-25)19-14-41(4)22-7-5-16(28)11-18(19)22/h5-8,11-14,36H,9-10,15H2,1-4H3,(H,35,37,38). The number of aromatic nitrogens is 3. The third kappa shape index (κ3) is 7.17. The van der Waals surface area contributed by atoms with Gasteiger partial charge in [0.15, 0.2) is 0 Å². The molecule has 14 heteroatoms. The number of aryl methyl sites for hydroxylation is 1. The van der Waals surface area contributed by atoms with Crippen LogP contribution in [0.25, 0.3) is 22.2 Å². The molecule has 220 valence electrons. The number of benzene rings is 2.